The Labute approximate surface area is 122 Å². The van der Waals surface area contributed by atoms with E-state index in [2.05, 4.69) is 9.97 Å². The summed E-state index contributed by atoms with van der Waals surface area (Å²) in [7, 11) is 0. The number of carboxylic acid groups (broad SMARTS) is 1. The van der Waals surface area contributed by atoms with E-state index < -0.39 is 12.0 Å². The largest absolute Gasteiger partial charge is 0.480 e. The third kappa shape index (κ3) is 3.15. The fourth-order valence-corrected chi connectivity index (χ4v) is 2.49. The summed E-state index contributed by atoms with van der Waals surface area (Å²) in [6.07, 6.45) is 2.19. The number of nitrogens with one attached hydrogen (secondary N) is 1. The van der Waals surface area contributed by atoms with E-state index in [0.29, 0.717) is 25.2 Å². The summed E-state index contributed by atoms with van der Waals surface area (Å²) >= 11 is 0. The zero-order valence-electron chi connectivity index (χ0n) is 11.9. The highest BCUT2D eigenvalue weighted by atomic mass is 16.4. The molecule has 2 amide bonds. The summed E-state index contributed by atoms with van der Waals surface area (Å²) in [6, 6.07) is -1.23. The number of imidazole rings is 1. The highest BCUT2D eigenvalue weighted by Crippen LogP contribution is 2.22. The van der Waals surface area contributed by atoms with E-state index in [1.165, 1.54) is 11.2 Å². The second-order valence-electron chi connectivity index (χ2n) is 4.95. The van der Waals surface area contributed by atoms with Crippen molar-refractivity contribution in [3.05, 3.63) is 17.7 Å². The third-order valence-corrected chi connectivity index (χ3v) is 3.67. The molecule has 116 valence electrons. The molecule has 2 heterocycles. The van der Waals surface area contributed by atoms with Gasteiger partial charge in [-0.25, -0.2) is 14.6 Å². The first kappa shape index (κ1) is 15.3. The highest BCUT2D eigenvalue weighted by molar-refractivity contribution is 5.83. The number of carbonyl (C=O) groups is 2. The number of amides is 2. The summed E-state index contributed by atoms with van der Waals surface area (Å²) < 4.78 is 0. The number of aliphatic hydroxyl groups excluding tert-OH is 1. The monoisotopic (exact) mass is 296 g/mol. The first-order chi connectivity index (χ1) is 10.1. The second kappa shape index (κ2) is 6.57. The zero-order valence-corrected chi connectivity index (χ0v) is 11.9. The average Bonchev–Trinajstić information content (AvgIpc) is 2.93. The number of H-pyrrole nitrogens is 1. The predicted molar refractivity (Wildman–Crippen MR) is 73.6 cm³/mol. The van der Waals surface area contributed by atoms with Crippen LogP contribution in [-0.2, 0) is 17.8 Å². The standard InChI is InChI=1S/C13H20N4O4/c1-2-16(4-3-5-18)13(21)17-7-10-9(14-8-15-10)6-11(17)12(19)20/h8,11,18H,2-7H2,1H3,(H,14,15)(H,19,20). The van der Waals surface area contributed by atoms with Crippen molar-refractivity contribution in [2.75, 3.05) is 19.7 Å². The van der Waals surface area contributed by atoms with E-state index >= 15 is 0 Å². The molecule has 0 aromatic carbocycles. The van der Waals surface area contributed by atoms with Crippen LogP contribution in [0, 0.1) is 0 Å². The minimum atomic E-state index is -1.03. The number of aromatic nitrogens is 2. The molecule has 8 heteroatoms. The van der Waals surface area contributed by atoms with Gasteiger partial charge in [0.2, 0.25) is 0 Å². The molecule has 21 heavy (non-hydrogen) atoms. The van der Waals surface area contributed by atoms with E-state index in [1.807, 2.05) is 6.92 Å². The quantitative estimate of drug-likeness (QED) is 0.711. The highest BCUT2D eigenvalue weighted by Gasteiger charge is 2.37. The summed E-state index contributed by atoms with van der Waals surface area (Å²) in [5, 5.41) is 18.2. The average molecular weight is 296 g/mol. The van der Waals surface area contributed by atoms with Crippen LogP contribution in [0.3, 0.4) is 0 Å². The second-order valence-corrected chi connectivity index (χ2v) is 4.95. The van der Waals surface area contributed by atoms with Gasteiger partial charge in [-0.2, -0.15) is 0 Å². The van der Waals surface area contributed by atoms with Crippen molar-refractivity contribution in [2.24, 2.45) is 0 Å². The lowest BCUT2D eigenvalue weighted by molar-refractivity contribution is -0.143. The Hall–Kier alpha value is -2.09. The minimum Gasteiger partial charge on any atom is -0.480 e. The maximum absolute atomic E-state index is 12.6. The van der Waals surface area contributed by atoms with E-state index in [9.17, 15) is 14.7 Å². The van der Waals surface area contributed by atoms with Gasteiger partial charge in [0.1, 0.15) is 6.04 Å². The number of carboxylic acids is 1. The summed E-state index contributed by atoms with van der Waals surface area (Å²) in [5.74, 6) is -1.03. The number of fused-ring (bicyclic) bond motifs is 1. The molecule has 1 unspecified atom stereocenters. The van der Waals surface area contributed by atoms with E-state index in [0.717, 1.165) is 5.69 Å². The Balaban J connectivity index is 2.19. The van der Waals surface area contributed by atoms with Gasteiger partial charge in [-0.05, 0) is 13.3 Å². The summed E-state index contributed by atoms with van der Waals surface area (Å²) in [5.41, 5.74) is 1.48. The number of nitrogens with zero attached hydrogens (tertiary/aromatic N) is 3. The third-order valence-electron chi connectivity index (χ3n) is 3.67. The first-order valence-electron chi connectivity index (χ1n) is 6.98. The normalized spacial score (nSPS) is 17.4. The Bertz CT molecular complexity index is 516. The van der Waals surface area contributed by atoms with Crippen molar-refractivity contribution >= 4 is 12.0 Å². The van der Waals surface area contributed by atoms with Crippen LogP contribution in [0.25, 0.3) is 0 Å². The molecular formula is C13H20N4O4. The Kier molecular flexibility index (Phi) is 4.79. The lowest BCUT2D eigenvalue weighted by Gasteiger charge is -2.36. The predicted octanol–water partition coefficient (Wildman–Crippen LogP) is 0.0453. The van der Waals surface area contributed by atoms with Gasteiger partial charge in [0, 0.05) is 26.1 Å². The number of aromatic amines is 1. The van der Waals surface area contributed by atoms with Crippen LogP contribution < -0.4 is 0 Å². The molecule has 1 aromatic rings. The molecule has 8 nitrogen and oxygen atoms in total. The van der Waals surface area contributed by atoms with Crippen molar-refractivity contribution in [1.29, 1.82) is 0 Å². The molecule has 0 spiro atoms. The number of carbonyl (C=O) groups excluding carboxylic acids is 1. The number of aliphatic hydroxyl groups is 1. The number of rotatable bonds is 5. The molecule has 3 N–H and O–H groups in total. The van der Waals surface area contributed by atoms with Gasteiger partial charge in [0.15, 0.2) is 0 Å². The molecule has 0 saturated carbocycles. The Morgan fingerprint density at radius 3 is 2.95 bits per heavy atom. The minimum absolute atomic E-state index is 0.00314. The van der Waals surface area contributed by atoms with Gasteiger partial charge in [-0.3, -0.25) is 0 Å². The van der Waals surface area contributed by atoms with Crippen molar-refractivity contribution in [1.82, 2.24) is 19.8 Å². The molecule has 1 aliphatic rings. The Morgan fingerprint density at radius 1 is 1.57 bits per heavy atom. The van der Waals surface area contributed by atoms with Gasteiger partial charge in [0.25, 0.3) is 0 Å². The van der Waals surface area contributed by atoms with Gasteiger partial charge >= 0.3 is 12.0 Å². The van der Waals surface area contributed by atoms with Gasteiger partial charge in [0.05, 0.1) is 24.3 Å². The van der Waals surface area contributed by atoms with Crippen LogP contribution in [0.1, 0.15) is 24.7 Å². The Morgan fingerprint density at radius 2 is 2.33 bits per heavy atom. The van der Waals surface area contributed by atoms with Gasteiger partial charge in [-0.15, -0.1) is 0 Å². The fourth-order valence-electron chi connectivity index (χ4n) is 2.49. The van der Waals surface area contributed by atoms with E-state index in [4.69, 9.17) is 5.11 Å². The van der Waals surface area contributed by atoms with Crippen LogP contribution in [-0.4, -0.2) is 67.7 Å². The van der Waals surface area contributed by atoms with Crippen molar-refractivity contribution < 1.29 is 19.8 Å². The zero-order chi connectivity index (χ0) is 15.4. The summed E-state index contributed by atoms with van der Waals surface area (Å²) in [4.78, 5) is 33.9. The molecule has 0 radical (unpaired) electrons. The molecule has 0 bridgehead atoms. The molecule has 0 fully saturated rings. The maximum Gasteiger partial charge on any atom is 0.326 e. The van der Waals surface area contributed by atoms with Crippen LogP contribution in [0.5, 0.6) is 0 Å². The van der Waals surface area contributed by atoms with E-state index in [1.54, 1.807) is 4.90 Å². The number of hydrogen-bond acceptors (Lipinski definition) is 4. The number of hydrogen-bond donors (Lipinski definition) is 3. The van der Waals surface area contributed by atoms with Crippen LogP contribution in [0.15, 0.2) is 6.33 Å². The van der Waals surface area contributed by atoms with Crippen molar-refractivity contribution in [3.63, 3.8) is 0 Å². The lowest BCUT2D eigenvalue weighted by atomic mass is 10.0. The van der Waals surface area contributed by atoms with Crippen molar-refractivity contribution in [3.8, 4) is 0 Å². The first-order valence-corrected chi connectivity index (χ1v) is 6.98. The van der Waals surface area contributed by atoms with E-state index in [-0.39, 0.29) is 25.6 Å². The number of aliphatic carboxylic acids is 1. The molecule has 0 saturated heterocycles. The summed E-state index contributed by atoms with van der Waals surface area (Å²) in [6.45, 7) is 2.91. The smallest absolute Gasteiger partial charge is 0.326 e. The topological polar surface area (TPSA) is 110 Å². The van der Waals surface area contributed by atoms with Crippen LogP contribution in [0.4, 0.5) is 4.79 Å². The molecule has 0 aliphatic carbocycles. The molecular weight excluding hydrogens is 276 g/mol. The van der Waals surface area contributed by atoms with Gasteiger partial charge < -0.3 is 25.0 Å². The molecule has 2 rings (SSSR count). The fraction of sp³-hybridized carbons (Fsp3) is 0.615. The van der Waals surface area contributed by atoms with Crippen LogP contribution >= 0.6 is 0 Å². The molecule has 1 aromatic heterocycles. The SMILES string of the molecule is CCN(CCCO)C(=O)N1Cc2[nH]cnc2CC1C(=O)O. The van der Waals surface area contributed by atoms with Crippen LogP contribution in [0.2, 0.25) is 0 Å². The molecule has 1 atom stereocenters. The number of urea groups is 1. The lowest BCUT2D eigenvalue weighted by Crippen LogP contribution is -2.53. The van der Waals surface area contributed by atoms with Crippen molar-refractivity contribution in [2.45, 2.75) is 32.4 Å². The van der Waals surface area contributed by atoms with Gasteiger partial charge in [-0.1, -0.05) is 0 Å². The molecule has 1 aliphatic heterocycles. The maximum atomic E-state index is 12.6.